The summed E-state index contributed by atoms with van der Waals surface area (Å²) in [6, 6.07) is 26.5. The van der Waals surface area contributed by atoms with Crippen LogP contribution in [0.4, 0.5) is 5.69 Å². The van der Waals surface area contributed by atoms with E-state index in [0.29, 0.717) is 11.4 Å². The Morgan fingerprint density at radius 2 is 1.46 bits per heavy atom. The normalized spacial score (nSPS) is 10.5. The summed E-state index contributed by atoms with van der Waals surface area (Å²) in [5.41, 5.74) is 1.67. The molecule has 0 aliphatic carbocycles. The highest BCUT2D eigenvalue weighted by molar-refractivity contribution is 6.02. The molecule has 0 saturated carbocycles. The summed E-state index contributed by atoms with van der Waals surface area (Å²) < 4.78 is 5.76. The minimum atomic E-state index is -0.185. The molecule has 0 spiro atoms. The predicted molar refractivity (Wildman–Crippen MR) is 97.1 cm³/mol. The van der Waals surface area contributed by atoms with Crippen molar-refractivity contribution in [2.45, 2.75) is 0 Å². The second-order valence-corrected chi connectivity index (χ2v) is 5.18. The number of rotatable bonds is 5. The van der Waals surface area contributed by atoms with Crippen molar-refractivity contribution < 1.29 is 9.53 Å². The molecular formula is C21H17NO2. The van der Waals surface area contributed by atoms with Crippen LogP contribution in [0, 0.1) is 0 Å². The van der Waals surface area contributed by atoms with Gasteiger partial charge in [-0.05, 0) is 35.9 Å². The van der Waals surface area contributed by atoms with Crippen LogP contribution in [0.5, 0.6) is 11.5 Å². The Bertz CT molecular complexity index is 827. The van der Waals surface area contributed by atoms with Crippen LogP contribution in [0.3, 0.4) is 0 Å². The molecule has 0 aliphatic rings. The SMILES string of the molecule is O=C(/C=C/c1ccccc1)Nc1cccc(Oc2ccccc2)c1. The van der Waals surface area contributed by atoms with Crippen LogP contribution in [-0.2, 0) is 4.79 Å². The zero-order valence-electron chi connectivity index (χ0n) is 13.1. The van der Waals surface area contributed by atoms with Gasteiger partial charge in [0.25, 0.3) is 0 Å². The van der Waals surface area contributed by atoms with Crippen LogP contribution in [0.1, 0.15) is 5.56 Å². The molecule has 0 atom stereocenters. The number of carbonyl (C=O) groups is 1. The maximum absolute atomic E-state index is 12.0. The zero-order chi connectivity index (χ0) is 16.6. The first-order valence-corrected chi connectivity index (χ1v) is 7.67. The van der Waals surface area contributed by atoms with E-state index in [0.717, 1.165) is 11.3 Å². The number of hydrogen-bond donors (Lipinski definition) is 1. The molecule has 0 saturated heterocycles. The largest absolute Gasteiger partial charge is 0.457 e. The fourth-order valence-electron chi connectivity index (χ4n) is 2.18. The number of para-hydroxylation sites is 1. The molecular weight excluding hydrogens is 298 g/mol. The first-order valence-electron chi connectivity index (χ1n) is 7.67. The number of anilines is 1. The van der Waals surface area contributed by atoms with Gasteiger partial charge >= 0.3 is 0 Å². The monoisotopic (exact) mass is 315 g/mol. The van der Waals surface area contributed by atoms with E-state index in [1.54, 1.807) is 12.1 Å². The van der Waals surface area contributed by atoms with E-state index in [-0.39, 0.29) is 5.91 Å². The third-order valence-corrected chi connectivity index (χ3v) is 3.31. The standard InChI is InChI=1S/C21H17NO2/c23-21(15-14-17-8-3-1-4-9-17)22-18-10-7-13-20(16-18)24-19-11-5-2-6-12-19/h1-16H,(H,22,23)/b15-14+. The molecule has 3 aromatic carbocycles. The highest BCUT2D eigenvalue weighted by Gasteiger charge is 2.01. The quantitative estimate of drug-likeness (QED) is 0.663. The molecule has 0 radical (unpaired) electrons. The van der Waals surface area contributed by atoms with Crippen molar-refractivity contribution in [1.29, 1.82) is 0 Å². The predicted octanol–water partition coefficient (Wildman–Crippen LogP) is 5.13. The molecule has 1 amide bonds. The van der Waals surface area contributed by atoms with Gasteiger partial charge in [-0.3, -0.25) is 4.79 Å². The van der Waals surface area contributed by atoms with Crippen molar-refractivity contribution >= 4 is 17.7 Å². The topological polar surface area (TPSA) is 38.3 Å². The van der Waals surface area contributed by atoms with Crippen LogP contribution in [0.2, 0.25) is 0 Å². The van der Waals surface area contributed by atoms with Crippen LogP contribution in [-0.4, -0.2) is 5.91 Å². The average molecular weight is 315 g/mol. The molecule has 1 N–H and O–H groups in total. The Labute approximate surface area is 141 Å². The van der Waals surface area contributed by atoms with Gasteiger partial charge in [-0.2, -0.15) is 0 Å². The fourth-order valence-corrected chi connectivity index (χ4v) is 2.18. The maximum Gasteiger partial charge on any atom is 0.248 e. The summed E-state index contributed by atoms with van der Waals surface area (Å²) >= 11 is 0. The molecule has 3 aromatic rings. The number of ether oxygens (including phenoxy) is 1. The molecule has 0 aliphatic heterocycles. The van der Waals surface area contributed by atoms with Crippen molar-refractivity contribution in [2.75, 3.05) is 5.32 Å². The lowest BCUT2D eigenvalue weighted by Crippen LogP contribution is -2.07. The van der Waals surface area contributed by atoms with E-state index in [1.165, 1.54) is 6.08 Å². The smallest absolute Gasteiger partial charge is 0.248 e. The van der Waals surface area contributed by atoms with Crippen molar-refractivity contribution in [2.24, 2.45) is 0 Å². The molecule has 3 heteroatoms. The van der Waals surface area contributed by atoms with Gasteiger partial charge in [-0.15, -0.1) is 0 Å². The zero-order valence-corrected chi connectivity index (χ0v) is 13.1. The Morgan fingerprint density at radius 1 is 0.792 bits per heavy atom. The molecule has 0 aromatic heterocycles. The summed E-state index contributed by atoms with van der Waals surface area (Å²) in [6.45, 7) is 0. The Balaban J connectivity index is 1.64. The summed E-state index contributed by atoms with van der Waals surface area (Å²) in [5, 5.41) is 2.83. The number of carbonyl (C=O) groups excluding carboxylic acids is 1. The molecule has 0 bridgehead atoms. The van der Waals surface area contributed by atoms with Crippen molar-refractivity contribution in [1.82, 2.24) is 0 Å². The van der Waals surface area contributed by atoms with Crippen LogP contribution in [0.15, 0.2) is 91.0 Å². The minimum Gasteiger partial charge on any atom is -0.457 e. The number of amides is 1. The number of hydrogen-bond acceptors (Lipinski definition) is 2. The van der Waals surface area contributed by atoms with E-state index in [2.05, 4.69) is 5.32 Å². The van der Waals surface area contributed by atoms with Gasteiger partial charge in [-0.1, -0.05) is 54.6 Å². The summed E-state index contributed by atoms with van der Waals surface area (Å²) in [7, 11) is 0. The van der Waals surface area contributed by atoms with Gasteiger partial charge in [0, 0.05) is 17.8 Å². The van der Waals surface area contributed by atoms with Crippen molar-refractivity contribution in [3.8, 4) is 11.5 Å². The van der Waals surface area contributed by atoms with Crippen LogP contribution >= 0.6 is 0 Å². The van der Waals surface area contributed by atoms with Gasteiger partial charge in [0.1, 0.15) is 11.5 Å². The summed E-state index contributed by atoms with van der Waals surface area (Å²) in [5.74, 6) is 1.24. The van der Waals surface area contributed by atoms with E-state index in [1.807, 2.05) is 78.9 Å². The molecule has 0 heterocycles. The molecule has 118 valence electrons. The highest BCUT2D eigenvalue weighted by Crippen LogP contribution is 2.23. The number of benzene rings is 3. The van der Waals surface area contributed by atoms with Gasteiger partial charge in [0.15, 0.2) is 0 Å². The molecule has 0 unspecified atom stereocenters. The third-order valence-electron chi connectivity index (χ3n) is 3.31. The first kappa shape index (κ1) is 15.6. The molecule has 24 heavy (non-hydrogen) atoms. The summed E-state index contributed by atoms with van der Waals surface area (Å²) in [4.78, 5) is 12.0. The number of nitrogens with one attached hydrogen (secondary N) is 1. The third kappa shape index (κ3) is 4.58. The molecule has 3 nitrogen and oxygen atoms in total. The highest BCUT2D eigenvalue weighted by atomic mass is 16.5. The van der Waals surface area contributed by atoms with Gasteiger partial charge < -0.3 is 10.1 Å². The lowest BCUT2D eigenvalue weighted by atomic mass is 10.2. The second kappa shape index (κ2) is 7.79. The van der Waals surface area contributed by atoms with Crippen LogP contribution in [0.25, 0.3) is 6.08 Å². The molecule has 3 rings (SSSR count). The minimum absolute atomic E-state index is 0.185. The lowest BCUT2D eigenvalue weighted by molar-refractivity contribution is -0.111. The maximum atomic E-state index is 12.0. The summed E-state index contributed by atoms with van der Waals surface area (Å²) in [6.07, 6.45) is 3.29. The van der Waals surface area contributed by atoms with Crippen molar-refractivity contribution in [3.05, 3.63) is 96.6 Å². The lowest BCUT2D eigenvalue weighted by Gasteiger charge is -2.08. The van der Waals surface area contributed by atoms with E-state index < -0.39 is 0 Å². The Morgan fingerprint density at radius 3 is 2.21 bits per heavy atom. The first-order chi connectivity index (χ1) is 11.8. The van der Waals surface area contributed by atoms with Crippen LogP contribution < -0.4 is 10.1 Å². The average Bonchev–Trinajstić information content (AvgIpc) is 2.62. The second-order valence-electron chi connectivity index (χ2n) is 5.18. The molecule has 0 fully saturated rings. The van der Waals surface area contributed by atoms with Gasteiger partial charge in [0.05, 0.1) is 0 Å². The Hall–Kier alpha value is -3.33. The van der Waals surface area contributed by atoms with E-state index in [9.17, 15) is 4.79 Å². The fraction of sp³-hybridized carbons (Fsp3) is 0. The van der Waals surface area contributed by atoms with E-state index in [4.69, 9.17) is 4.74 Å². The Kier molecular flexibility index (Phi) is 5.05. The van der Waals surface area contributed by atoms with E-state index >= 15 is 0 Å². The van der Waals surface area contributed by atoms with Crippen molar-refractivity contribution in [3.63, 3.8) is 0 Å². The van der Waals surface area contributed by atoms with Gasteiger partial charge in [0.2, 0.25) is 5.91 Å². The van der Waals surface area contributed by atoms with Gasteiger partial charge in [-0.25, -0.2) is 0 Å².